The van der Waals surface area contributed by atoms with Gasteiger partial charge in [0.05, 0.1) is 23.2 Å². The van der Waals surface area contributed by atoms with Crippen LogP contribution < -0.4 is 9.47 Å². The van der Waals surface area contributed by atoms with Crippen molar-refractivity contribution in [2.24, 2.45) is 5.41 Å². The van der Waals surface area contributed by atoms with Gasteiger partial charge in [-0.05, 0) is 55.6 Å². The lowest BCUT2D eigenvalue weighted by atomic mass is 9.83. The zero-order valence-corrected chi connectivity index (χ0v) is 19.6. The van der Waals surface area contributed by atoms with Gasteiger partial charge in [0.2, 0.25) is 5.88 Å². The van der Waals surface area contributed by atoms with Crippen molar-refractivity contribution in [1.29, 1.82) is 0 Å². The number of hydrogen-bond donors (Lipinski definition) is 1. The summed E-state index contributed by atoms with van der Waals surface area (Å²) in [4.78, 5) is 2.44. The number of likely N-dealkylation sites (tertiary alicyclic amines) is 1. The van der Waals surface area contributed by atoms with Gasteiger partial charge in [-0.3, -0.25) is 9.47 Å². The molecule has 0 spiro atoms. The number of halogens is 2. The highest BCUT2D eigenvalue weighted by Crippen LogP contribution is 2.39. The second-order valence-corrected chi connectivity index (χ2v) is 9.71. The molecule has 1 aliphatic rings. The molecule has 0 radical (unpaired) electrons. The highest BCUT2D eigenvalue weighted by atomic mass is 35.5. The summed E-state index contributed by atoms with van der Waals surface area (Å²) in [5, 5.41) is 13.0. The number of fused-ring (bicyclic) bond motifs is 1. The van der Waals surface area contributed by atoms with Crippen molar-refractivity contribution in [1.82, 2.24) is 9.47 Å². The van der Waals surface area contributed by atoms with Crippen LogP contribution in [0.3, 0.4) is 0 Å². The number of piperidine rings is 1. The molecule has 1 saturated heterocycles. The fraction of sp³-hybridized carbons (Fsp3) is 0.417. The Morgan fingerprint density at radius 2 is 1.81 bits per heavy atom. The minimum Gasteiger partial charge on any atom is -0.494 e. The Morgan fingerprint density at radius 1 is 1.06 bits per heavy atom. The molecule has 4 rings (SSSR count). The van der Waals surface area contributed by atoms with Crippen molar-refractivity contribution in [2.45, 2.75) is 26.7 Å². The maximum absolute atomic E-state index is 10.8. The molecule has 5 nitrogen and oxygen atoms in total. The van der Waals surface area contributed by atoms with Gasteiger partial charge in [-0.1, -0.05) is 37.0 Å². The van der Waals surface area contributed by atoms with Crippen molar-refractivity contribution < 1.29 is 14.6 Å². The predicted molar refractivity (Wildman–Crippen MR) is 126 cm³/mol. The van der Waals surface area contributed by atoms with E-state index < -0.39 is 0 Å². The fourth-order valence-corrected chi connectivity index (χ4v) is 4.64. The average molecular weight is 463 g/mol. The summed E-state index contributed by atoms with van der Waals surface area (Å²) in [5.74, 6) is 1.35. The average Bonchev–Trinajstić information content (AvgIpc) is 3.05. The number of nitrogens with zero attached hydrogens (tertiary/aromatic N) is 2. The molecule has 0 atom stereocenters. The van der Waals surface area contributed by atoms with Crippen LogP contribution in [0.5, 0.6) is 17.4 Å². The minimum absolute atomic E-state index is 0.0590. The third-order valence-electron chi connectivity index (χ3n) is 6.11. The predicted octanol–water partition coefficient (Wildman–Crippen LogP) is 6.15. The quantitative estimate of drug-likeness (QED) is 0.476. The highest BCUT2D eigenvalue weighted by Gasteiger charge is 2.25. The smallest absolute Gasteiger partial charge is 0.205 e. The lowest BCUT2D eigenvalue weighted by Gasteiger charge is -2.36. The summed E-state index contributed by atoms with van der Waals surface area (Å²) in [6, 6.07) is 8.98. The van der Waals surface area contributed by atoms with Crippen LogP contribution in [0, 0.1) is 5.41 Å². The van der Waals surface area contributed by atoms with Gasteiger partial charge < -0.3 is 14.6 Å². The number of ether oxygens (including phenoxy) is 2. The molecular weight excluding hydrogens is 435 g/mol. The first-order chi connectivity index (χ1) is 14.8. The SMILES string of the molecule is COc1ccc(-n2cc3cc(Cl)cc(Cl)c3c2O)cc1OCCN1CCC(C)(C)CC1. The van der Waals surface area contributed by atoms with E-state index in [1.165, 1.54) is 12.8 Å². The summed E-state index contributed by atoms with van der Waals surface area (Å²) in [5.41, 5.74) is 1.18. The standard InChI is InChI=1S/C24H28Cl2N2O3/c1-24(2)6-8-27(9-7-24)10-11-31-21-14-18(4-5-20(21)30-3)28-15-16-12-17(25)13-19(26)22(16)23(28)29/h4-5,12-15,29H,6-11H2,1-3H3. The maximum atomic E-state index is 10.8. The maximum Gasteiger partial charge on any atom is 0.205 e. The Kier molecular flexibility index (Phi) is 6.29. The van der Waals surface area contributed by atoms with Crippen LogP contribution in [0.1, 0.15) is 26.7 Å². The van der Waals surface area contributed by atoms with E-state index >= 15 is 0 Å². The first-order valence-electron chi connectivity index (χ1n) is 10.5. The van der Waals surface area contributed by atoms with Gasteiger partial charge in [-0.25, -0.2) is 0 Å². The van der Waals surface area contributed by atoms with Crippen LogP contribution in [0.25, 0.3) is 16.5 Å². The van der Waals surface area contributed by atoms with Crippen molar-refractivity contribution in [2.75, 3.05) is 33.4 Å². The zero-order valence-electron chi connectivity index (χ0n) is 18.1. The first kappa shape index (κ1) is 22.1. The number of aromatic hydroxyl groups is 1. The van der Waals surface area contributed by atoms with Gasteiger partial charge in [-0.2, -0.15) is 0 Å². The molecule has 166 valence electrons. The van der Waals surface area contributed by atoms with Crippen LogP contribution in [0.4, 0.5) is 0 Å². The topological polar surface area (TPSA) is 46.9 Å². The summed E-state index contributed by atoms with van der Waals surface area (Å²) in [6.45, 7) is 8.30. The lowest BCUT2D eigenvalue weighted by molar-refractivity contribution is 0.115. The van der Waals surface area contributed by atoms with E-state index in [0.717, 1.165) is 30.7 Å². The van der Waals surface area contributed by atoms with Gasteiger partial charge in [0.1, 0.15) is 6.61 Å². The molecule has 0 unspecified atom stereocenters. The van der Waals surface area contributed by atoms with Crippen LogP contribution in [0.2, 0.25) is 10.0 Å². The van der Waals surface area contributed by atoms with Crippen LogP contribution >= 0.6 is 23.2 Å². The van der Waals surface area contributed by atoms with Crippen LogP contribution in [-0.4, -0.2) is 47.9 Å². The number of hydrogen-bond acceptors (Lipinski definition) is 4. The van der Waals surface area contributed by atoms with Crippen LogP contribution in [0.15, 0.2) is 36.5 Å². The van der Waals surface area contributed by atoms with E-state index in [2.05, 4.69) is 18.7 Å². The molecule has 1 fully saturated rings. The molecule has 0 aliphatic carbocycles. The molecule has 1 aromatic heterocycles. The molecule has 1 N–H and O–H groups in total. The molecule has 31 heavy (non-hydrogen) atoms. The summed E-state index contributed by atoms with van der Waals surface area (Å²) < 4.78 is 13.2. The second kappa shape index (κ2) is 8.81. The Labute approximate surface area is 193 Å². The lowest BCUT2D eigenvalue weighted by Crippen LogP contribution is -2.39. The second-order valence-electron chi connectivity index (χ2n) is 8.86. The third-order valence-corrected chi connectivity index (χ3v) is 6.62. The van der Waals surface area contributed by atoms with E-state index in [1.807, 2.05) is 24.4 Å². The Hall–Kier alpha value is -2.08. The van der Waals surface area contributed by atoms with Gasteiger partial charge in [0, 0.05) is 29.2 Å². The van der Waals surface area contributed by atoms with Crippen molar-refractivity contribution in [3.8, 4) is 23.1 Å². The van der Waals surface area contributed by atoms with E-state index in [9.17, 15) is 5.11 Å². The number of rotatable bonds is 6. The Morgan fingerprint density at radius 3 is 2.52 bits per heavy atom. The molecule has 0 amide bonds. The Bertz CT molecular complexity index is 1080. The highest BCUT2D eigenvalue weighted by molar-refractivity contribution is 6.39. The van der Waals surface area contributed by atoms with Crippen LogP contribution in [-0.2, 0) is 0 Å². The normalized spacial score (nSPS) is 16.5. The number of methoxy groups -OCH3 is 1. The molecular formula is C24H28Cl2N2O3. The molecule has 7 heteroatoms. The van der Waals surface area contributed by atoms with Gasteiger partial charge in [0.25, 0.3) is 0 Å². The fourth-order valence-electron chi connectivity index (χ4n) is 4.04. The van der Waals surface area contributed by atoms with Gasteiger partial charge in [0.15, 0.2) is 11.5 Å². The molecule has 0 bridgehead atoms. The zero-order chi connectivity index (χ0) is 22.2. The third kappa shape index (κ3) is 4.74. The van der Waals surface area contributed by atoms with Gasteiger partial charge >= 0.3 is 0 Å². The Balaban J connectivity index is 1.53. The first-order valence-corrected chi connectivity index (χ1v) is 11.3. The number of aromatic nitrogens is 1. The monoisotopic (exact) mass is 462 g/mol. The molecule has 3 aromatic rings. The molecule has 2 aromatic carbocycles. The summed E-state index contributed by atoms with van der Waals surface area (Å²) >= 11 is 12.4. The summed E-state index contributed by atoms with van der Waals surface area (Å²) in [6.07, 6.45) is 4.22. The minimum atomic E-state index is 0.0590. The van der Waals surface area contributed by atoms with Crippen molar-refractivity contribution in [3.05, 3.63) is 46.6 Å². The van der Waals surface area contributed by atoms with E-state index in [4.69, 9.17) is 32.7 Å². The van der Waals surface area contributed by atoms with Crippen molar-refractivity contribution in [3.63, 3.8) is 0 Å². The van der Waals surface area contributed by atoms with Crippen molar-refractivity contribution >= 4 is 34.0 Å². The largest absolute Gasteiger partial charge is 0.494 e. The van der Waals surface area contributed by atoms with E-state index in [0.29, 0.717) is 39.0 Å². The van der Waals surface area contributed by atoms with Gasteiger partial charge in [-0.15, -0.1) is 0 Å². The summed E-state index contributed by atoms with van der Waals surface area (Å²) in [7, 11) is 1.62. The molecule has 2 heterocycles. The number of benzene rings is 2. The van der Waals surface area contributed by atoms with E-state index in [-0.39, 0.29) is 5.88 Å². The van der Waals surface area contributed by atoms with E-state index in [1.54, 1.807) is 23.8 Å². The molecule has 0 saturated carbocycles. The molecule has 1 aliphatic heterocycles.